The van der Waals surface area contributed by atoms with E-state index in [-0.39, 0.29) is 17.9 Å². The van der Waals surface area contributed by atoms with E-state index in [0.717, 1.165) is 10.9 Å². The Hall–Kier alpha value is -2.55. The van der Waals surface area contributed by atoms with Gasteiger partial charge >= 0.3 is 6.03 Å². The maximum atomic E-state index is 13.7. The number of hydrogen-bond donors (Lipinski definition) is 3. The molecule has 1 aromatic heterocycles. The number of anilines is 2. The summed E-state index contributed by atoms with van der Waals surface area (Å²) in [7, 11) is 0. The second kappa shape index (κ2) is 7.14. The topological polar surface area (TPSA) is 83.1 Å². The Morgan fingerprint density at radius 3 is 2.39 bits per heavy atom. The molecule has 0 spiro atoms. The number of aryl methyl sites for hydroxylation is 1. The molecule has 6 nitrogen and oxygen atoms in total. The lowest BCUT2D eigenvalue weighted by Gasteiger charge is -2.10. The summed E-state index contributed by atoms with van der Waals surface area (Å²) in [6.45, 7) is 3.27. The monoisotopic (exact) mass is 340 g/mol. The molecular weight excluding hydrogens is 326 g/mol. The van der Waals surface area contributed by atoms with Gasteiger partial charge in [-0.3, -0.25) is 4.79 Å². The fourth-order valence-electron chi connectivity index (χ4n) is 1.74. The van der Waals surface area contributed by atoms with Crippen LogP contribution in [0.2, 0.25) is 0 Å². The summed E-state index contributed by atoms with van der Waals surface area (Å²) in [6.07, 6.45) is 1.68. The number of benzene rings is 1. The van der Waals surface area contributed by atoms with Crippen LogP contribution in [-0.2, 0) is 11.3 Å². The molecule has 1 aromatic carbocycles. The van der Waals surface area contributed by atoms with Gasteiger partial charge < -0.3 is 16.0 Å². The number of aromatic nitrogens is 1. The average molecular weight is 340 g/mol. The second-order valence-corrected chi connectivity index (χ2v) is 5.98. The van der Waals surface area contributed by atoms with Crippen LogP contribution in [0.15, 0.2) is 18.3 Å². The largest absolute Gasteiger partial charge is 0.331 e. The maximum absolute atomic E-state index is 13.7. The minimum absolute atomic E-state index is 0.186. The molecule has 0 radical (unpaired) electrons. The summed E-state index contributed by atoms with van der Waals surface area (Å²) in [6, 6.07) is 0.932. The molecule has 0 aliphatic heterocycles. The molecule has 0 saturated carbocycles. The summed E-state index contributed by atoms with van der Waals surface area (Å²) < 4.78 is 27.2. The van der Waals surface area contributed by atoms with Gasteiger partial charge in [0.15, 0.2) is 0 Å². The van der Waals surface area contributed by atoms with Gasteiger partial charge in [0.25, 0.3) is 0 Å². The minimum atomic E-state index is -0.947. The Balaban J connectivity index is 2.03. The van der Waals surface area contributed by atoms with Crippen molar-refractivity contribution in [1.82, 2.24) is 10.3 Å². The van der Waals surface area contributed by atoms with Crippen LogP contribution in [0.3, 0.4) is 0 Å². The number of rotatable bonds is 4. The molecule has 0 aliphatic rings. The number of thiazole rings is 1. The lowest BCUT2D eigenvalue weighted by molar-refractivity contribution is -0.114. The van der Waals surface area contributed by atoms with E-state index in [4.69, 9.17) is 0 Å². The highest BCUT2D eigenvalue weighted by Gasteiger charge is 2.13. The van der Waals surface area contributed by atoms with Crippen molar-refractivity contribution in [3.8, 4) is 0 Å². The first-order chi connectivity index (χ1) is 10.8. The first-order valence-corrected chi connectivity index (χ1v) is 7.39. The number of nitrogens with zero attached hydrogens (tertiary/aromatic N) is 1. The van der Waals surface area contributed by atoms with Gasteiger partial charge in [-0.2, -0.15) is 0 Å². The Kier molecular flexibility index (Phi) is 5.22. The Bertz CT molecular complexity index is 748. The summed E-state index contributed by atoms with van der Waals surface area (Å²) in [5.41, 5.74) is -0.465. The minimum Gasteiger partial charge on any atom is -0.331 e. The summed E-state index contributed by atoms with van der Waals surface area (Å²) >= 11 is 1.43. The highest BCUT2D eigenvalue weighted by atomic mass is 32.1. The van der Waals surface area contributed by atoms with Crippen molar-refractivity contribution in [2.24, 2.45) is 0 Å². The SMILES string of the molecule is CC(=O)Nc1cc(NC(=O)NCc2ncc(C)s2)c(F)cc1F. The molecule has 1 heterocycles. The molecule has 23 heavy (non-hydrogen) atoms. The molecule has 0 saturated heterocycles. The number of amides is 3. The Morgan fingerprint density at radius 2 is 1.83 bits per heavy atom. The average Bonchev–Trinajstić information content (AvgIpc) is 2.87. The van der Waals surface area contributed by atoms with Gasteiger partial charge in [0, 0.05) is 24.1 Å². The van der Waals surface area contributed by atoms with Crippen LogP contribution in [0.25, 0.3) is 0 Å². The van der Waals surface area contributed by atoms with Crippen molar-refractivity contribution in [2.45, 2.75) is 20.4 Å². The van der Waals surface area contributed by atoms with Crippen LogP contribution in [-0.4, -0.2) is 16.9 Å². The fourth-order valence-corrected chi connectivity index (χ4v) is 2.46. The normalized spacial score (nSPS) is 10.3. The first-order valence-electron chi connectivity index (χ1n) is 6.58. The molecule has 0 unspecified atom stereocenters. The van der Waals surface area contributed by atoms with Gasteiger partial charge in [0.2, 0.25) is 5.91 Å². The van der Waals surface area contributed by atoms with Gasteiger partial charge in [-0.05, 0) is 13.0 Å². The number of nitrogens with one attached hydrogen (secondary N) is 3. The van der Waals surface area contributed by atoms with Crippen molar-refractivity contribution in [3.63, 3.8) is 0 Å². The lowest BCUT2D eigenvalue weighted by Crippen LogP contribution is -2.28. The number of halogens is 2. The van der Waals surface area contributed by atoms with E-state index in [2.05, 4.69) is 20.9 Å². The van der Waals surface area contributed by atoms with E-state index in [0.29, 0.717) is 11.1 Å². The van der Waals surface area contributed by atoms with Crippen molar-refractivity contribution in [2.75, 3.05) is 10.6 Å². The molecule has 0 atom stereocenters. The predicted octanol–water partition coefficient (Wildman–Crippen LogP) is 3.01. The van der Waals surface area contributed by atoms with Gasteiger partial charge in [-0.15, -0.1) is 11.3 Å². The first kappa shape index (κ1) is 16.8. The maximum Gasteiger partial charge on any atom is 0.319 e. The fraction of sp³-hybridized carbons (Fsp3) is 0.214. The zero-order valence-electron chi connectivity index (χ0n) is 12.4. The van der Waals surface area contributed by atoms with E-state index in [1.165, 1.54) is 18.3 Å². The van der Waals surface area contributed by atoms with E-state index in [1.807, 2.05) is 6.92 Å². The third-order valence-electron chi connectivity index (χ3n) is 2.68. The number of carbonyl (C=O) groups excluding carboxylic acids is 2. The molecule has 9 heteroatoms. The quantitative estimate of drug-likeness (QED) is 0.800. The van der Waals surface area contributed by atoms with E-state index in [9.17, 15) is 18.4 Å². The highest BCUT2D eigenvalue weighted by Crippen LogP contribution is 2.23. The van der Waals surface area contributed by atoms with E-state index >= 15 is 0 Å². The molecule has 0 fully saturated rings. The van der Waals surface area contributed by atoms with Crippen molar-refractivity contribution in [3.05, 3.63) is 39.8 Å². The van der Waals surface area contributed by atoms with Crippen LogP contribution >= 0.6 is 11.3 Å². The Labute approximate surface area is 134 Å². The molecule has 0 aliphatic carbocycles. The van der Waals surface area contributed by atoms with E-state index in [1.54, 1.807) is 6.20 Å². The molecule has 2 rings (SSSR count). The molecular formula is C14H14F2N4O2S. The van der Waals surface area contributed by atoms with Crippen molar-refractivity contribution in [1.29, 1.82) is 0 Å². The van der Waals surface area contributed by atoms with Crippen molar-refractivity contribution >= 4 is 34.6 Å². The zero-order chi connectivity index (χ0) is 17.0. The van der Waals surface area contributed by atoms with Crippen LogP contribution in [0.4, 0.5) is 25.0 Å². The molecule has 2 aromatic rings. The predicted molar refractivity (Wildman–Crippen MR) is 83.4 cm³/mol. The van der Waals surface area contributed by atoms with Gasteiger partial charge in [0.05, 0.1) is 17.9 Å². The second-order valence-electron chi connectivity index (χ2n) is 4.67. The molecule has 122 valence electrons. The van der Waals surface area contributed by atoms with Crippen LogP contribution in [0.1, 0.15) is 16.8 Å². The standard InChI is InChI=1S/C14H14F2N4O2S/c1-7-5-17-13(23-7)6-18-14(22)20-12-4-11(19-8(2)21)9(15)3-10(12)16/h3-5H,6H2,1-2H3,(H,19,21)(H2,18,20,22). The molecule has 3 amide bonds. The Morgan fingerprint density at radius 1 is 1.17 bits per heavy atom. The zero-order valence-corrected chi connectivity index (χ0v) is 13.2. The summed E-state index contributed by atoms with van der Waals surface area (Å²) in [5, 5.41) is 7.69. The van der Waals surface area contributed by atoms with Crippen molar-refractivity contribution < 1.29 is 18.4 Å². The number of urea groups is 1. The third-order valence-corrected chi connectivity index (χ3v) is 3.60. The lowest BCUT2D eigenvalue weighted by atomic mass is 10.2. The smallest absolute Gasteiger partial charge is 0.319 e. The molecule has 0 bridgehead atoms. The summed E-state index contributed by atoms with van der Waals surface area (Å²) in [4.78, 5) is 27.8. The third kappa shape index (κ3) is 4.71. The number of carbonyl (C=O) groups is 2. The van der Waals surface area contributed by atoms with Gasteiger partial charge in [-0.25, -0.2) is 18.6 Å². The summed E-state index contributed by atoms with van der Waals surface area (Å²) in [5.74, 6) is -2.39. The molecule has 3 N–H and O–H groups in total. The van der Waals surface area contributed by atoms with Gasteiger partial charge in [0.1, 0.15) is 16.6 Å². The van der Waals surface area contributed by atoms with Gasteiger partial charge in [-0.1, -0.05) is 0 Å². The van der Waals surface area contributed by atoms with Crippen LogP contribution in [0.5, 0.6) is 0 Å². The van der Waals surface area contributed by atoms with E-state index < -0.39 is 23.6 Å². The van der Waals surface area contributed by atoms with Crippen LogP contribution < -0.4 is 16.0 Å². The number of hydrogen-bond acceptors (Lipinski definition) is 4. The van der Waals surface area contributed by atoms with Crippen LogP contribution in [0, 0.1) is 18.6 Å². The highest BCUT2D eigenvalue weighted by molar-refractivity contribution is 7.11.